The number of aryl methyl sites for hydroxylation is 4. The molecule has 3 rings (SSSR count). The zero-order chi connectivity index (χ0) is 18.1. The van der Waals surface area contributed by atoms with Gasteiger partial charge in [0.05, 0.1) is 6.04 Å². The Bertz CT molecular complexity index is 817. The molecule has 1 aliphatic rings. The predicted octanol–water partition coefficient (Wildman–Crippen LogP) is 3.17. The third-order valence-corrected chi connectivity index (χ3v) is 4.88. The summed E-state index contributed by atoms with van der Waals surface area (Å²) in [6, 6.07) is 9.26. The minimum atomic E-state index is -0.355. The lowest BCUT2D eigenvalue weighted by Gasteiger charge is -2.14. The lowest BCUT2D eigenvalue weighted by molar-refractivity contribution is -0.117. The number of carbonyl (C=O) groups excluding carboxylic acids is 1. The number of phenols is 1. The number of rotatable bonds is 3. The molecule has 1 amide bonds. The molecule has 1 fully saturated rings. The van der Waals surface area contributed by atoms with Gasteiger partial charge in [-0.1, -0.05) is 23.8 Å². The second kappa shape index (κ2) is 6.86. The van der Waals surface area contributed by atoms with Gasteiger partial charge < -0.3 is 10.4 Å². The van der Waals surface area contributed by atoms with E-state index in [-0.39, 0.29) is 23.7 Å². The average molecular weight is 339 g/mol. The van der Waals surface area contributed by atoms with E-state index in [1.54, 1.807) is 6.07 Å². The highest BCUT2D eigenvalue weighted by atomic mass is 16.3. The van der Waals surface area contributed by atoms with Gasteiger partial charge in [0.2, 0.25) is 5.91 Å². The molecule has 4 N–H and O–H groups in total. The van der Waals surface area contributed by atoms with E-state index in [4.69, 9.17) is 0 Å². The van der Waals surface area contributed by atoms with Gasteiger partial charge in [0.25, 0.3) is 0 Å². The molecule has 25 heavy (non-hydrogen) atoms. The van der Waals surface area contributed by atoms with Crippen LogP contribution in [-0.4, -0.2) is 17.1 Å². The molecule has 0 spiro atoms. The number of benzene rings is 2. The highest BCUT2D eigenvalue weighted by Crippen LogP contribution is 2.32. The Labute approximate surface area is 148 Å². The second-order valence-corrected chi connectivity index (χ2v) is 6.93. The van der Waals surface area contributed by atoms with Crippen LogP contribution in [0.25, 0.3) is 0 Å². The van der Waals surface area contributed by atoms with Crippen molar-refractivity contribution in [3.05, 3.63) is 58.1 Å². The Balaban J connectivity index is 1.70. The van der Waals surface area contributed by atoms with Gasteiger partial charge in [0.15, 0.2) is 0 Å². The van der Waals surface area contributed by atoms with Crippen molar-refractivity contribution in [1.82, 2.24) is 10.9 Å². The van der Waals surface area contributed by atoms with Crippen LogP contribution in [-0.2, 0) is 4.79 Å². The van der Waals surface area contributed by atoms with Crippen LogP contribution in [0.1, 0.15) is 40.3 Å². The van der Waals surface area contributed by atoms with E-state index < -0.39 is 0 Å². The summed E-state index contributed by atoms with van der Waals surface area (Å²) < 4.78 is 0. The van der Waals surface area contributed by atoms with Crippen LogP contribution in [0.5, 0.6) is 5.75 Å². The van der Waals surface area contributed by atoms with Gasteiger partial charge in [-0.25, -0.2) is 10.9 Å². The van der Waals surface area contributed by atoms with Crippen LogP contribution in [0.4, 0.5) is 5.69 Å². The van der Waals surface area contributed by atoms with Gasteiger partial charge in [0, 0.05) is 11.3 Å². The molecule has 2 aromatic rings. The minimum absolute atomic E-state index is 0.0784. The fraction of sp³-hybridized carbons (Fsp3) is 0.350. The summed E-state index contributed by atoms with van der Waals surface area (Å²) in [5.41, 5.74) is 12.2. The Morgan fingerprint density at radius 2 is 1.76 bits per heavy atom. The number of phenolic OH excluding ortho intramolecular Hbond substituents is 1. The molecule has 2 aromatic carbocycles. The number of nitrogens with one attached hydrogen (secondary N) is 3. The summed E-state index contributed by atoms with van der Waals surface area (Å²) >= 11 is 0. The van der Waals surface area contributed by atoms with Gasteiger partial charge in [-0.3, -0.25) is 4.79 Å². The summed E-state index contributed by atoms with van der Waals surface area (Å²) in [7, 11) is 0. The van der Waals surface area contributed by atoms with Crippen LogP contribution in [0.2, 0.25) is 0 Å². The van der Waals surface area contributed by atoms with Crippen molar-refractivity contribution in [3.8, 4) is 5.75 Å². The first-order valence-electron chi connectivity index (χ1n) is 8.54. The van der Waals surface area contributed by atoms with Crippen molar-refractivity contribution in [2.24, 2.45) is 0 Å². The van der Waals surface area contributed by atoms with Crippen molar-refractivity contribution in [2.45, 2.75) is 46.2 Å². The third-order valence-electron chi connectivity index (χ3n) is 4.88. The van der Waals surface area contributed by atoms with E-state index in [2.05, 4.69) is 16.2 Å². The van der Waals surface area contributed by atoms with Crippen LogP contribution in [0.3, 0.4) is 0 Å². The van der Waals surface area contributed by atoms with Crippen LogP contribution >= 0.6 is 0 Å². The quantitative estimate of drug-likeness (QED) is 0.693. The molecule has 5 nitrogen and oxygen atoms in total. The molecule has 0 bridgehead atoms. The van der Waals surface area contributed by atoms with E-state index in [1.165, 1.54) is 5.56 Å². The maximum Gasteiger partial charge on any atom is 0.242 e. The molecule has 0 saturated carbocycles. The highest BCUT2D eigenvalue weighted by Gasteiger charge is 2.31. The Morgan fingerprint density at radius 1 is 1.04 bits per heavy atom. The van der Waals surface area contributed by atoms with Crippen LogP contribution < -0.4 is 16.2 Å². The average Bonchev–Trinajstić information content (AvgIpc) is 3.03. The van der Waals surface area contributed by atoms with Gasteiger partial charge in [0.1, 0.15) is 11.8 Å². The van der Waals surface area contributed by atoms with Crippen molar-refractivity contribution >= 4 is 11.6 Å². The van der Waals surface area contributed by atoms with Crippen LogP contribution in [0.15, 0.2) is 30.3 Å². The number of amides is 1. The first-order valence-corrected chi connectivity index (χ1v) is 8.54. The number of anilines is 1. The molecule has 1 saturated heterocycles. The Kier molecular flexibility index (Phi) is 4.79. The second-order valence-electron chi connectivity index (χ2n) is 6.93. The van der Waals surface area contributed by atoms with Crippen molar-refractivity contribution in [1.29, 1.82) is 0 Å². The third kappa shape index (κ3) is 3.67. The van der Waals surface area contributed by atoms with E-state index >= 15 is 0 Å². The zero-order valence-corrected chi connectivity index (χ0v) is 15.1. The molecular formula is C20H25N3O2. The number of hydrogen-bond acceptors (Lipinski definition) is 4. The molecule has 0 radical (unpaired) electrons. The lowest BCUT2D eigenvalue weighted by Crippen LogP contribution is -2.39. The molecule has 0 aromatic heterocycles. The highest BCUT2D eigenvalue weighted by molar-refractivity contribution is 5.95. The molecule has 2 unspecified atom stereocenters. The normalized spacial score (nSPS) is 19.8. The summed E-state index contributed by atoms with van der Waals surface area (Å²) in [6.45, 7) is 8.00. The number of carbonyl (C=O) groups is 1. The molecule has 0 aliphatic carbocycles. The van der Waals surface area contributed by atoms with Gasteiger partial charge in [-0.2, -0.15) is 0 Å². The maximum atomic E-state index is 12.6. The zero-order valence-electron chi connectivity index (χ0n) is 15.1. The summed E-state index contributed by atoms with van der Waals surface area (Å²) in [5.74, 6) is 0.183. The minimum Gasteiger partial charge on any atom is -0.508 e. The van der Waals surface area contributed by atoms with Gasteiger partial charge >= 0.3 is 0 Å². The molecule has 132 valence electrons. The van der Waals surface area contributed by atoms with E-state index in [1.807, 2.05) is 52.0 Å². The van der Waals surface area contributed by atoms with E-state index in [0.717, 1.165) is 27.9 Å². The standard InChI is InChI=1S/C20H25N3O2/c1-11-5-6-16(14(4)7-11)21-20(25)18-10-17(22-23-18)15-8-12(2)13(3)9-19(15)24/h5-9,17-18,22-24H,10H2,1-4H3,(H,21,25). The fourth-order valence-corrected chi connectivity index (χ4v) is 3.21. The summed E-state index contributed by atoms with van der Waals surface area (Å²) in [4.78, 5) is 12.6. The summed E-state index contributed by atoms with van der Waals surface area (Å²) in [5, 5.41) is 13.2. The lowest BCUT2D eigenvalue weighted by atomic mass is 9.96. The number of hydrogen-bond donors (Lipinski definition) is 4. The molecule has 1 aliphatic heterocycles. The number of hydrazine groups is 1. The predicted molar refractivity (Wildman–Crippen MR) is 99.5 cm³/mol. The van der Waals surface area contributed by atoms with Gasteiger partial charge in [-0.15, -0.1) is 0 Å². The Morgan fingerprint density at radius 3 is 2.48 bits per heavy atom. The molecule has 1 heterocycles. The maximum absolute atomic E-state index is 12.6. The van der Waals surface area contributed by atoms with Crippen molar-refractivity contribution in [3.63, 3.8) is 0 Å². The largest absolute Gasteiger partial charge is 0.508 e. The van der Waals surface area contributed by atoms with Gasteiger partial charge in [-0.05, 0) is 62.9 Å². The van der Waals surface area contributed by atoms with E-state index in [9.17, 15) is 9.90 Å². The topological polar surface area (TPSA) is 73.4 Å². The van der Waals surface area contributed by atoms with Crippen molar-refractivity contribution in [2.75, 3.05) is 5.32 Å². The van der Waals surface area contributed by atoms with Crippen molar-refractivity contribution < 1.29 is 9.90 Å². The monoisotopic (exact) mass is 339 g/mol. The van der Waals surface area contributed by atoms with Crippen LogP contribution in [0, 0.1) is 27.7 Å². The van der Waals surface area contributed by atoms with E-state index in [0.29, 0.717) is 6.42 Å². The molecular weight excluding hydrogens is 314 g/mol. The molecule has 5 heteroatoms. The first-order chi connectivity index (χ1) is 11.8. The molecule has 2 atom stereocenters. The fourth-order valence-electron chi connectivity index (χ4n) is 3.21. The smallest absolute Gasteiger partial charge is 0.242 e. The number of aromatic hydroxyl groups is 1. The SMILES string of the molecule is Cc1ccc(NC(=O)C2CC(c3cc(C)c(C)cc3O)NN2)c(C)c1. The first kappa shape index (κ1) is 17.5. The Hall–Kier alpha value is -2.37. The summed E-state index contributed by atoms with van der Waals surface area (Å²) in [6.07, 6.45) is 0.576.